The minimum Gasteiger partial charge on any atom is -0.337 e. The van der Waals surface area contributed by atoms with Crippen LogP contribution in [0.4, 0.5) is 0 Å². The van der Waals surface area contributed by atoms with Gasteiger partial charge in [-0.25, -0.2) is 13.4 Å². The molecule has 1 amide bonds. The van der Waals surface area contributed by atoms with E-state index >= 15 is 0 Å². The second kappa shape index (κ2) is 9.28. The fraction of sp³-hybridized carbons (Fsp3) is 0.360. The molecule has 0 aliphatic heterocycles. The summed E-state index contributed by atoms with van der Waals surface area (Å²) >= 11 is 0. The van der Waals surface area contributed by atoms with E-state index in [1.807, 2.05) is 68.4 Å². The van der Waals surface area contributed by atoms with E-state index in [0.717, 1.165) is 35.2 Å². The van der Waals surface area contributed by atoms with Crippen molar-refractivity contribution >= 4 is 15.7 Å². The Labute approximate surface area is 189 Å². The van der Waals surface area contributed by atoms with Crippen molar-refractivity contribution in [3.63, 3.8) is 0 Å². The Balaban J connectivity index is 1.67. The predicted octanol–water partition coefficient (Wildman–Crippen LogP) is 3.97. The van der Waals surface area contributed by atoms with Crippen molar-refractivity contribution in [2.45, 2.75) is 50.7 Å². The number of imidazole rings is 1. The Morgan fingerprint density at radius 3 is 2.38 bits per heavy atom. The lowest BCUT2D eigenvalue weighted by atomic mass is 10.2. The lowest BCUT2D eigenvalue weighted by Crippen LogP contribution is -2.32. The van der Waals surface area contributed by atoms with Crippen LogP contribution < -0.4 is 0 Å². The van der Waals surface area contributed by atoms with Crippen molar-refractivity contribution < 1.29 is 13.2 Å². The zero-order valence-electron chi connectivity index (χ0n) is 18.6. The number of amides is 1. The molecule has 0 bridgehead atoms. The molecule has 168 valence electrons. The summed E-state index contributed by atoms with van der Waals surface area (Å²) in [5.74, 6) is 0.144. The van der Waals surface area contributed by atoms with Crippen LogP contribution in [0, 0.1) is 12.8 Å². The van der Waals surface area contributed by atoms with E-state index in [2.05, 4.69) is 4.98 Å². The molecule has 1 aliphatic rings. The molecule has 0 saturated heterocycles. The average molecular weight is 452 g/mol. The lowest BCUT2D eigenvalue weighted by molar-refractivity contribution is -0.133. The molecule has 4 rings (SSSR count). The predicted molar refractivity (Wildman–Crippen MR) is 124 cm³/mol. The molecule has 0 spiro atoms. The molecule has 3 aromatic rings. The first-order valence-electron chi connectivity index (χ1n) is 11.0. The molecule has 2 aromatic carbocycles. The van der Waals surface area contributed by atoms with Crippen LogP contribution in [0.15, 0.2) is 66.0 Å². The largest absolute Gasteiger partial charge is 0.337 e. The molecule has 1 aliphatic carbocycles. The van der Waals surface area contributed by atoms with Gasteiger partial charge >= 0.3 is 0 Å². The molecule has 1 aromatic heterocycles. The molecule has 6 nitrogen and oxygen atoms in total. The van der Waals surface area contributed by atoms with Gasteiger partial charge in [0.15, 0.2) is 0 Å². The van der Waals surface area contributed by atoms with E-state index in [1.54, 1.807) is 15.7 Å². The van der Waals surface area contributed by atoms with E-state index in [1.165, 1.54) is 0 Å². The maximum atomic E-state index is 13.4. The van der Waals surface area contributed by atoms with Crippen LogP contribution in [0.1, 0.15) is 42.1 Å². The highest BCUT2D eigenvalue weighted by Crippen LogP contribution is 2.31. The third kappa shape index (κ3) is 5.10. The second-order valence-electron chi connectivity index (χ2n) is 8.48. The van der Waals surface area contributed by atoms with E-state index in [9.17, 15) is 13.2 Å². The fourth-order valence-electron chi connectivity index (χ4n) is 3.80. The van der Waals surface area contributed by atoms with Crippen LogP contribution in [0.2, 0.25) is 0 Å². The first-order valence-corrected chi connectivity index (χ1v) is 12.7. The Morgan fingerprint density at radius 2 is 1.75 bits per heavy atom. The van der Waals surface area contributed by atoms with Gasteiger partial charge in [-0.3, -0.25) is 4.79 Å². The summed E-state index contributed by atoms with van der Waals surface area (Å²) in [6.45, 7) is 5.24. The van der Waals surface area contributed by atoms with Crippen LogP contribution in [-0.4, -0.2) is 35.3 Å². The highest BCUT2D eigenvalue weighted by atomic mass is 32.2. The number of benzene rings is 2. The van der Waals surface area contributed by atoms with Gasteiger partial charge in [0.1, 0.15) is 0 Å². The molecule has 7 heteroatoms. The lowest BCUT2D eigenvalue weighted by Gasteiger charge is -2.22. The normalized spacial score (nSPS) is 13.8. The highest BCUT2D eigenvalue weighted by molar-refractivity contribution is 7.90. The minimum absolute atomic E-state index is 0.0480. The molecular formula is C25H29N3O3S. The first-order chi connectivity index (χ1) is 15.4. The van der Waals surface area contributed by atoms with E-state index in [4.69, 9.17) is 0 Å². The van der Waals surface area contributed by atoms with E-state index in [-0.39, 0.29) is 22.7 Å². The highest BCUT2D eigenvalue weighted by Gasteiger charge is 2.33. The molecular weight excluding hydrogens is 422 g/mol. The van der Waals surface area contributed by atoms with Crippen molar-refractivity contribution in [2.24, 2.45) is 5.92 Å². The standard InChI is InChI=1S/C25H29N3O3S/c1-3-27(24(29)22-13-14-22)17-23-15-26-25(28(23)16-20-7-5-4-6-8-20)32(30,31)18-21-11-9-19(2)10-12-21/h4-12,15,22H,3,13-14,16-18H2,1-2H3. The summed E-state index contributed by atoms with van der Waals surface area (Å²) < 4.78 is 28.5. The summed E-state index contributed by atoms with van der Waals surface area (Å²) in [4.78, 5) is 18.8. The quantitative estimate of drug-likeness (QED) is 0.493. The van der Waals surface area contributed by atoms with Crippen LogP contribution in [0.25, 0.3) is 0 Å². The number of carbonyl (C=O) groups excluding carboxylic acids is 1. The number of carbonyl (C=O) groups is 1. The van der Waals surface area contributed by atoms with Gasteiger partial charge in [0.2, 0.25) is 20.9 Å². The van der Waals surface area contributed by atoms with Gasteiger partial charge in [0.05, 0.1) is 30.7 Å². The minimum atomic E-state index is -3.67. The summed E-state index contributed by atoms with van der Waals surface area (Å²) in [5, 5.41) is 0.0480. The smallest absolute Gasteiger partial charge is 0.228 e. The maximum Gasteiger partial charge on any atom is 0.228 e. The number of hydrogen-bond donors (Lipinski definition) is 0. The second-order valence-corrected chi connectivity index (χ2v) is 10.4. The molecule has 1 saturated carbocycles. The SMILES string of the molecule is CCN(Cc1cnc(S(=O)(=O)Cc2ccc(C)cc2)n1Cc1ccccc1)C(=O)C1CC1. The molecule has 1 heterocycles. The zero-order valence-corrected chi connectivity index (χ0v) is 19.4. The van der Waals surface area contributed by atoms with Gasteiger partial charge in [-0.2, -0.15) is 0 Å². The Kier molecular flexibility index (Phi) is 6.46. The Bertz CT molecular complexity index is 1180. The van der Waals surface area contributed by atoms with Crippen molar-refractivity contribution in [1.29, 1.82) is 0 Å². The monoisotopic (exact) mass is 451 g/mol. The third-order valence-electron chi connectivity index (χ3n) is 5.81. The summed E-state index contributed by atoms with van der Waals surface area (Å²) in [6, 6.07) is 17.2. The van der Waals surface area contributed by atoms with Crippen molar-refractivity contribution in [3.8, 4) is 0 Å². The zero-order chi connectivity index (χ0) is 22.7. The van der Waals surface area contributed by atoms with Gasteiger partial charge < -0.3 is 9.47 Å². The number of nitrogens with zero attached hydrogens (tertiary/aromatic N) is 3. The van der Waals surface area contributed by atoms with Crippen LogP contribution in [-0.2, 0) is 33.5 Å². The van der Waals surface area contributed by atoms with Crippen molar-refractivity contribution in [3.05, 3.63) is 83.2 Å². The molecule has 0 N–H and O–H groups in total. The molecule has 32 heavy (non-hydrogen) atoms. The first kappa shape index (κ1) is 22.3. The van der Waals surface area contributed by atoms with Crippen molar-refractivity contribution in [2.75, 3.05) is 6.54 Å². The van der Waals surface area contributed by atoms with Gasteiger partial charge in [-0.05, 0) is 37.8 Å². The summed E-state index contributed by atoms with van der Waals surface area (Å²) in [6.07, 6.45) is 3.48. The van der Waals surface area contributed by atoms with Crippen LogP contribution in [0.5, 0.6) is 0 Å². The van der Waals surface area contributed by atoms with Crippen molar-refractivity contribution in [1.82, 2.24) is 14.5 Å². The van der Waals surface area contributed by atoms with Gasteiger partial charge in [-0.15, -0.1) is 0 Å². The van der Waals surface area contributed by atoms with Gasteiger partial charge in [0, 0.05) is 12.5 Å². The summed E-state index contributed by atoms with van der Waals surface area (Å²) in [7, 11) is -3.67. The number of hydrogen-bond acceptors (Lipinski definition) is 4. The van der Waals surface area contributed by atoms with Gasteiger partial charge in [0.25, 0.3) is 0 Å². The fourth-order valence-corrected chi connectivity index (χ4v) is 5.29. The third-order valence-corrected chi connectivity index (χ3v) is 7.41. The maximum absolute atomic E-state index is 13.4. The number of aryl methyl sites for hydroxylation is 1. The summed E-state index contributed by atoms with van der Waals surface area (Å²) in [5.41, 5.74) is 3.52. The molecule has 0 unspecified atom stereocenters. The van der Waals surface area contributed by atoms with Crippen LogP contribution >= 0.6 is 0 Å². The van der Waals surface area contributed by atoms with Gasteiger partial charge in [-0.1, -0.05) is 60.2 Å². The number of sulfone groups is 1. The van der Waals surface area contributed by atoms with E-state index < -0.39 is 9.84 Å². The topological polar surface area (TPSA) is 72.3 Å². The van der Waals surface area contributed by atoms with E-state index in [0.29, 0.717) is 19.6 Å². The number of rotatable bonds is 9. The molecule has 0 atom stereocenters. The molecule has 0 radical (unpaired) electrons. The van der Waals surface area contributed by atoms with Crippen LogP contribution in [0.3, 0.4) is 0 Å². The molecule has 1 fully saturated rings. The Morgan fingerprint density at radius 1 is 1.06 bits per heavy atom. The average Bonchev–Trinajstić information content (AvgIpc) is 3.55. The number of aromatic nitrogens is 2. The Hall–Kier alpha value is -2.93.